The van der Waals surface area contributed by atoms with Crippen LogP contribution in [0.1, 0.15) is 17.5 Å². The van der Waals surface area contributed by atoms with Crippen molar-refractivity contribution in [1.82, 2.24) is 4.90 Å². The minimum absolute atomic E-state index is 0.121. The van der Waals surface area contributed by atoms with Crippen molar-refractivity contribution in [3.63, 3.8) is 0 Å². The molecule has 0 spiro atoms. The van der Waals surface area contributed by atoms with E-state index in [1.807, 2.05) is 19.2 Å². The Bertz CT molecular complexity index is 350. The standard InChI is InChI=1S/C13H20N2O/c1-11-5-3-4-6-12(11)8-10-15(2)13(16)7-9-14/h3-6H,7-10,14H2,1-2H3. The van der Waals surface area contributed by atoms with Crippen molar-refractivity contribution in [3.8, 4) is 0 Å². The van der Waals surface area contributed by atoms with E-state index in [0.717, 1.165) is 13.0 Å². The quantitative estimate of drug-likeness (QED) is 0.814. The molecule has 0 aromatic heterocycles. The Labute approximate surface area is 97.2 Å². The Morgan fingerprint density at radius 2 is 2.06 bits per heavy atom. The number of carbonyl (C=O) groups is 1. The predicted molar refractivity (Wildman–Crippen MR) is 66.2 cm³/mol. The summed E-state index contributed by atoms with van der Waals surface area (Å²) in [6.45, 7) is 3.27. The molecule has 0 aliphatic rings. The van der Waals surface area contributed by atoms with Gasteiger partial charge in [0.25, 0.3) is 0 Å². The van der Waals surface area contributed by atoms with Crippen LogP contribution in [0.4, 0.5) is 0 Å². The molecule has 1 amide bonds. The summed E-state index contributed by atoms with van der Waals surface area (Å²) in [5, 5.41) is 0. The van der Waals surface area contributed by atoms with Crippen molar-refractivity contribution in [2.75, 3.05) is 20.1 Å². The van der Waals surface area contributed by atoms with E-state index in [9.17, 15) is 4.79 Å². The second-order valence-electron chi connectivity index (χ2n) is 4.03. The van der Waals surface area contributed by atoms with Gasteiger partial charge in [-0.15, -0.1) is 0 Å². The van der Waals surface area contributed by atoms with Gasteiger partial charge in [-0.1, -0.05) is 24.3 Å². The molecule has 1 rings (SSSR count). The SMILES string of the molecule is Cc1ccccc1CCN(C)C(=O)CCN. The topological polar surface area (TPSA) is 46.3 Å². The van der Waals surface area contributed by atoms with Gasteiger partial charge < -0.3 is 10.6 Å². The van der Waals surface area contributed by atoms with Crippen LogP contribution in [0.3, 0.4) is 0 Å². The van der Waals surface area contributed by atoms with E-state index in [2.05, 4.69) is 19.1 Å². The molecule has 0 aliphatic heterocycles. The van der Waals surface area contributed by atoms with E-state index in [0.29, 0.717) is 13.0 Å². The summed E-state index contributed by atoms with van der Waals surface area (Å²) in [5.74, 6) is 0.121. The van der Waals surface area contributed by atoms with Crippen molar-refractivity contribution >= 4 is 5.91 Å². The normalized spacial score (nSPS) is 10.2. The molecule has 1 aromatic rings. The van der Waals surface area contributed by atoms with Crippen LogP contribution in [0.5, 0.6) is 0 Å². The van der Waals surface area contributed by atoms with Gasteiger partial charge in [0, 0.05) is 26.6 Å². The first-order valence-electron chi connectivity index (χ1n) is 5.63. The van der Waals surface area contributed by atoms with Crippen LogP contribution in [0.2, 0.25) is 0 Å². The number of nitrogens with zero attached hydrogens (tertiary/aromatic N) is 1. The minimum atomic E-state index is 0.121. The molecule has 3 nitrogen and oxygen atoms in total. The summed E-state index contributed by atoms with van der Waals surface area (Å²) in [5.41, 5.74) is 7.93. The summed E-state index contributed by atoms with van der Waals surface area (Å²) < 4.78 is 0. The van der Waals surface area contributed by atoms with Gasteiger partial charge in [-0.25, -0.2) is 0 Å². The molecule has 0 bridgehead atoms. The average molecular weight is 220 g/mol. The van der Waals surface area contributed by atoms with E-state index < -0.39 is 0 Å². The van der Waals surface area contributed by atoms with Crippen molar-refractivity contribution in [2.45, 2.75) is 19.8 Å². The van der Waals surface area contributed by atoms with Gasteiger partial charge in [0.05, 0.1) is 0 Å². The lowest BCUT2D eigenvalue weighted by Gasteiger charge is -2.17. The zero-order chi connectivity index (χ0) is 12.0. The summed E-state index contributed by atoms with van der Waals surface area (Å²) in [4.78, 5) is 13.2. The minimum Gasteiger partial charge on any atom is -0.345 e. The zero-order valence-corrected chi connectivity index (χ0v) is 10.1. The third-order valence-electron chi connectivity index (χ3n) is 2.76. The van der Waals surface area contributed by atoms with Crippen LogP contribution < -0.4 is 5.73 Å². The van der Waals surface area contributed by atoms with Gasteiger partial charge in [0.1, 0.15) is 0 Å². The molecule has 88 valence electrons. The Balaban J connectivity index is 2.46. The number of hydrogen-bond acceptors (Lipinski definition) is 2. The maximum atomic E-state index is 11.5. The van der Waals surface area contributed by atoms with Gasteiger partial charge in [0.2, 0.25) is 5.91 Å². The van der Waals surface area contributed by atoms with E-state index >= 15 is 0 Å². The molecule has 16 heavy (non-hydrogen) atoms. The van der Waals surface area contributed by atoms with Crippen LogP contribution in [-0.2, 0) is 11.2 Å². The third kappa shape index (κ3) is 3.66. The maximum Gasteiger partial charge on any atom is 0.223 e. The fraction of sp³-hybridized carbons (Fsp3) is 0.462. The first-order chi connectivity index (χ1) is 7.65. The molecule has 0 saturated heterocycles. The maximum absolute atomic E-state index is 11.5. The molecule has 0 unspecified atom stereocenters. The molecule has 0 fully saturated rings. The second kappa shape index (κ2) is 6.28. The fourth-order valence-corrected chi connectivity index (χ4v) is 1.62. The van der Waals surface area contributed by atoms with Crippen molar-refractivity contribution in [1.29, 1.82) is 0 Å². The molecule has 0 heterocycles. The number of benzene rings is 1. The molecular weight excluding hydrogens is 200 g/mol. The molecule has 3 heteroatoms. The Morgan fingerprint density at radius 1 is 1.38 bits per heavy atom. The highest BCUT2D eigenvalue weighted by Crippen LogP contribution is 2.08. The Hall–Kier alpha value is -1.35. The number of rotatable bonds is 5. The Morgan fingerprint density at radius 3 is 2.69 bits per heavy atom. The molecule has 0 saturated carbocycles. The lowest BCUT2D eigenvalue weighted by atomic mass is 10.1. The average Bonchev–Trinajstić information content (AvgIpc) is 2.28. The van der Waals surface area contributed by atoms with Crippen LogP contribution in [0.15, 0.2) is 24.3 Å². The lowest BCUT2D eigenvalue weighted by molar-refractivity contribution is -0.129. The highest BCUT2D eigenvalue weighted by atomic mass is 16.2. The number of aryl methyl sites for hydroxylation is 1. The summed E-state index contributed by atoms with van der Waals surface area (Å²) in [6, 6.07) is 8.26. The van der Waals surface area contributed by atoms with Gasteiger partial charge in [0.15, 0.2) is 0 Å². The van der Waals surface area contributed by atoms with E-state index in [-0.39, 0.29) is 5.91 Å². The highest BCUT2D eigenvalue weighted by molar-refractivity contribution is 5.76. The summed E-state index contributed by atoms with van der Waals surface area (Å²) >= 11 is 0. The van der Waals surface area contributed by atoms with E-state index in [1.54, 1.807) is 4.90 Å². The molecule has 1 aromatic carbocycles. The summed E-state index contributed by atoms with van der Waals surface area (Å²) in [7, 11) is 1.83. The molecule has 2 N–H and O–H groups in total. The third-order valence-corrected chi connectivity index (χ3v) is 2.76. The van der Waals surface area contributed by atoms with E-state index in [4.69, 9.17) is 5.73 Å². The molecular formula is C13H20N2O. The van der Waals surface area contributed by atoms with Crippen LogP contribution in [-0.4, -0.2) is 30.9 Å². The highest BCUT2D eigenvalue weighted by Gasteiger charge is 2.07. The number of likely N-dealkylation sites (N-methyl/N-ethyl adjacent to an activating group) is 1. The van der Waals surface area contributed by atoms with Crippen LogP contribution >= 0.6 is 0 Å². The predicted octanol–water partition coefficient (Wildman–Crippen LogP) is 1.34. The number of hydrogen-bond donors (Lipinski definition) is 1. The summed E-state index contributed by atoms with van der Waals surface area (Å²) in [6.07, 6.45) is 1.34. The monoisotopic (exact) mass is 220 g/mol. The van der Waals surface area contributed by atoms with Crippen molar-refractivity contribution in [3.05, 3.63) is 35.4 Å². The lowest BCUT2D eigenvalue weighted by Crippen LogP contribution is -2.30. The van der Waals surface area contributed by atoms with Gasteiger partial charge in [-0.05, 0) is 24.5 Å². The van der Waals surface area contributed by atoms with Gasteiger partial charge in [-0.2, -0.15) is 0 Å². The molecule has 0 radical (unpaired) electrons. The van der Waals surface area contributed by atoms with Gasteiger partial charge >= 0.3 is 0 Å². The Kier molecular flexibility index (Phi) is 4.99. The molecule has 0 aliphatic carbocycles. The van der Waals surface area contributed by atoms with E-state index in [1.165, 1.54) is 11.1 Å². The number of nitrogens with two attached hydrogens (primary N) is 1. The first kappa shape index (κ1) is 12.7. The molecule has 0 atom stereocenters. The smallest absolute Gasteiger partial charge is 0.223 e. The zero-order valence-electron chi connectivity index (χ0n) is 10.1. The van der Waals surface area contributed by atoms with Crippen LogP contribution in [0.25, 0.3) is 0 Å². The number of amides is 1. The number of carbonyl (C=O) groups excluding carboxylic acids is 1. The largest absolute Gasteiger partial charge is 0.345 e. The van der Waals surface area contributed by atoms with Gasteiger partial charge in [-0.3, -0.25) is 4.79 Å². The first-order valence-corrected chi connectivity index (χ1v) is 5.63. The van der Waals surface area contributed by atoms with Crippen molar-refractivity contribution < 1.29 is 4.79 Å². The second-order valence-corrected chi connectivity index (χ2v) is 4.03. The van der Waals surface area contributed by atoms with Crippen molar-refractivity contribution in [2.24, 2.45) is 5.73 Å². The van der Waals surface area contributed by atoms with Crippen LogP contribution in [0, 0.1) is 6.92 Å². The fourth-order valence-electron chi connectivity index (χ4n) is 1.62.